The number of hydrogen-bond donors (Lipinski definition) is 2. The fourth-order valence-corrected chi connectivity index (χ4v) is 2.90. The molecule has 2 aromatic heterocycles. The van der Waals surface area contributed by atoms with Gasteiger partial charge in [-0.05, 0) is 24.8 Å². The SMILES string of the molecule is C[C@H](C[C@@H](O)c1cccs1)NCc1cscn1. The van der Waals surface area contributed by atoms with Crippen molar-refractivity contribution in [3.8, 4) is 0 Å². The Bertz CT molecular complexity index is 414. The molecule has 3 nitrogen and oxygen atoms in total. The van der Waals surface area contributed by atoms with Crippen molar-refractivity contribution < 1.29 is 5.11 Å². The highest BCUT2D eigenvalue weighted by Crippen LogP contribution is 2.22. The normalized spacial score (nSPS) is 14.7. The van der Waals surface area contributed by atoms with Crippen molar-refractivity contribution in [2.45, 2.75) is 32.0 Å². The number of nitrogens with zero attached hydrogens (tertiary/aromatic N) is 1. The van der Waals surface area contributed by atoms with Crippen LogP contribution in [0.5, 0.6) is 0 Å². The van der Waals surface area contributed by atoms with E-state index < -0.39 is 0 Å². The fourth-order valence-electron chi connectivity index (χ4n) is 1.62. The first-order chi connectivity index (χ1) is 8.25. The molecular formula is C12H16N2OS2. The van der Waals surface area contributed by atoms with Gasteiger partial charge in [-0.25, -0.2) is 4.98 Å². The number of thiophene rings is 1. The zero-order valence-corrected chi connectivity index (χ0v) is 11.3. The van der Waals surface area contributed by atoms with Crippen LogP contribution >= 0.6 is 22.7 Å². The second-order valence-electron chi connectivity index (χ2n) is 4.03. The monoisotopic (exact) mass is 268 g/mol. The minimum Gasteiger partial charge on any atom is -0.388 e. The van der Waals surface area contributed by atoms with Gasteiger partial charge >= 0.3 is 0 Å². The van der Waals surface area contributed by atoms with E-state index >= 15 is 0 Å². The zero-order chi connectivity index (χ0) is 12.1. The maximum atomic E-state index is 9.99. The number of aliphatic hydroxyl groups excluding tert-OH is 1. The van der Waals surface area contributed by atoms with Crippen LogP contribution in [0.4, 0.5) is 0 Å². The summed E-state index contributed by atoms with van der Waals surface area (Å²) in [6.45, 7) is 2.85. The lowest BCUT2D eigenvalue weighted by atomic mass is 10.1. The Hall–Kier alpha value is -0.750. The molecule has 0 aliphatic carbocycles. The van der Waals surface area contributed by atoms with Gasteiger partial charge in [-0.3, -0.25) is 0 Å². The molecule has 5 heteroatoms. The molecule has 0 bridgehead atoms. The molecule has 2 aromatic rings. The van der Waals surface area contributed by atoms with Gasteiger partial charge in [0.05, 0.1) is 17.3 Å². The lowest BCUT2D eigenvalue weighted by molar-refractivity contribution is 0.157. The average molecular weight is 268 g/mol. The first-order valence-corrected chi connectivity index (χ1v) is 7.40. The van der Waals surface area contributed by atoms with Crippen molar-refractivity contribution in [1.29, 1.82) is 0 Å². The summed E-state index contributed by atoms with van der Waals surface area (Å²) in [5.74, 6) is 0. The Morgan fingerprint density at radius 1 is 1.53 bits per heavy atom. The maximum absolute atomic E-state index is 9.99. The first-order valence-electron chi connectivity index (χ1n) is 5.57. The van der Waals surface area contributed by atoms with Crippen LogP contribution in [0.3, 0.4) is 0 Å². The third-order valence-electron chi connectivity index (χ3n) is 2.56. The van der Waals surface area contributed by atoms with Crippen LogP contribution in [0.25, 0.3) is 0 Å². The second kappa shape index (κ2) is 6.26. The van der Waals surface area contributed by atoms with Gasteiger partial charge in [-0.15, -0.1) is 22.7 Å². The molecule has 0 aliphatic rings. The quantitative estimate of drug-likeness (QED) is 0.847. The topological polar surface area (TPSA) is 45.1 Å². The summed E-state index contributed by atoms with van der Waals surface area (Å²) in [4.78, 5) is 5.25. The van der Waals surface area contributed by atoms with Crippen LogP contribution in [-0.4, -0.2) is 16.1 Å². The van der Waals surface area contributed by atoms with Crippen molar-refractivity contribution in [3.05, 3.63) is 39.0 Å². The van der Waals surface area contributed by atoms with E-state index in [0.29, 0.717) is 0 Å². The molecule has 0 aliphatic heterocycles. The van der Waals surface area contributed by atoms with E-state index in [-0.39, 0.29) is 12.1 Å². The minimum absolute atomic E-state index is 0.272. The van der Waals surface area contributed by atoms with E-state index in [1.165, 1.54) is 0 Å². The molecular weight excluding hydrogens is 252 g/mol. The van der Waals surface area contributed by atoms with Gasteiger partial charge in [-0.2, -0.15) is 0 Å². The van der Waals surface area contributed by atoms with Gasteiger partial charge in [0.25, 0.3) is 0 Å². The highest BCUT2D eigenvalue weighted by atomic mass is 32.1. The highest BCUT2D eigenvalue weighted by Gasteiger charge is 2.12. The summed E-state index contributed by atoms with van der Waals surface area (Å²) in [6.07, 6.45) is 0.359. The molecule has 0 aromatic carbocycles. The van der Waals surface area contributed by atoms with Crippen LogP contribution in [-0.2, 0) is 6.54 Å². The fraction of sp³-hybridized carbons (Fsp3) is 0.417. The van der Waals surface area contributed by atoms with E-state index in [1.807, 2.05) is 28.4 Å². The lowest BCUT2D eigenvalue weighted by Crippen LogP contribution is -2.27. The average Bonchev–Trinajstić information content (AvgIpc) is 2.99. The molecule has 2 rings (SSSR count). The number of rotatable bonds is 6. The maximum Gasteiger partial charge on any atom is 0.0896 e. The van der Waals surface area contributed by atoms with Gasteiger partial charge in [0, 0.05) is 22.8 Å². The van der Waals surface area contributed by atoms with E-state index in [9.17, 15) is 5.11 Å². The summed E-state index contributed by atoms with van der Waals surface area (Å²) in [5, 5.41) is 17.4. The van der Waals surface area contributed by atoms with Crippen LogP contribution in [0.1, 0.15) is 30.0 Å². The Morgan fingerprint density at radius 3 is 3.06 bits per heavy atom. The van der Waals surface area contributed by atoms with Crippen molar-refractivity contribution in [2.24, 2.45) is 0 Å². The van der Waals surface area contributed by atoms with Crippen LogP contribution < -0.4 is 5.32 Å². The molecule has 0 unspecified atom stereocenters. The molecule has 0 radical (unpaired) electrons. The zero-order valence-electron chi connectivity index (χ0n) is 9.67. The summed E-state index contributed by atoms with van der Waals surface area (Å²) in [6, 6.07) is 4.22. The van der Waals surface area contributed by atoms with Gasteiger partial charge in [0.15, 0.2) is 0 Å². The number of nitrogens with one attached hydrogen (secondary N) is 1. The molecule has 2 heterocycles. The predicted molar refractivity (Wildman–Crippen MR) is 72.3 cm³/mol. The third kappa shape index (κ3) is 3.89. The Labute approximate surface area is 109 Å². The molecule has 0 saturated carbocycles. The smallest absolute Gasteiger partial charge is 0.0896 e. The number of aliphatic hydroxyl groups is 1. The summed E-state index contributed by atoms with van der Waals surface area (Å²) >= 11 is 3.20. The van der Waals surface area contributed by atoms with Crippen LogP contribution in [0.15, 0.2) is 28.4 Å². The van der Waals surface area contributed by atoms with Crippen molar-refractivity contribution >= 4 is 22.7 Å². The molecule has 0 amide bonds. The first kappa shape index (κ1) is 12.7. The van der Waals surface area contributed by atoms with E-state index in [0.717, 1.165) is 23.5 Å². The van der Waals surface area contributed by atoms with E-state index in [1.54, 1.807) is 22.7 Å². The molecule has 0 spiro atoms. The standard InChI is InChI=1S/C12H16N2OS2/c1-9(13-6-10-7-16-8-14-10)5-11(15)12-3-2-4-17-12/h2-4,7-9,11,13,15H,5-6H2,1H3/t9-,11-/m1/s1. The van der Waals surface area contributed by atoms with Crippen molar-refractivity contribution in [2.75, 3.05) is 0 Å². The molecule has 17 heavy (non-hydrogen) atoms. The predicted octanol–water partition coefficient (Wildman–Crippen LogP) is 2.81. The summed E-state index contributed by atoms with van der Waals surface area (Å²) < 4.78 is 0. The van der Waals surface area contributed by atoms with Crippen LogP contribution in [0.2, 0.25) is 0 Å². The Kier molecular flexibility index (Phi) is 4.67. The number of thiazole rings is 1. The second-order valence-corrected chi connectivity index (χ2v) is 5.73. The Morgan fingerprint density at radius 2 is 2.41 bits per heavy atom. The van der Waals surface area contributed by atoms with Gasteiger partial charge in [0.2, 0.25) is 0 Å². The van der Waals surface area contributed by atoms with Gasteiger partial charge in [-0.1, -0.05) is 6.07 Å². The third-order valence-corrected chi connectivity index (χ3v) is 4.17. The molecule has 92 valence electrons. The largest absolute Gasteiger partial charge is 0.388 e. The van der Waals surface area contributed by atoms with Gasteiger partial charge < -0.3 is 10.4 Å². The number of aromatic nitrogens is 1. The van der Waals surface area contributed by atoms with Crippen molar-refractivity contribution in [1.82, 2.24) is 10.3 Å². The van der Waals surface area contributed by atoms with Gasteiger partial charge in [0.1, 0.15) is 0 Å². The van der Waals surface area contributed by atoms with E-state index in [2.05, 4.69) is 17.2 Å². The van der Waals surface area contributed by atoms with Crippen LogP contribution in [0, 0.1) is 0 Å². The van der Waals surface area contributed by atoms with E-state index in [4.69, 9.17) is 0 Å². The molecule has 2 N–H and O–H groups in total. The minimum atomic E-state index is -0.368. The lowest BCUT2D eigenvalue weighted by Gasteiger charge is -2.16. The summed E-state index contributed by atoms with van der Waals surface area (Å²) in [5.41, 5.74) is 2.90. The molecule has 0 saturated heterocycles. The van der Waals surface area contributed by atoms with Crippen molar-refractivity contribution in [3.63, 3.8) is 0 Å². The molecule has 0 fully saturated rings. The highest BCUT2D eigenvalue weighted by molar-refractivity contribution is 7.10. The summed E-state index contributed by atoms with van der Waals surface area (Å²) in [7, 11) is 0. The number of hydrogen-bond acceptors (Lipinski definition) is 5. The Balaban J connectivity index is 1.75. The molecule has 2 atom stereocenters.